The van der Waals surface area contributed by atoms with Crippen molar-refractivity contribution >= 4 is 18.3 Å². The number of carbonyl (C=O) groups is 1. The van der Waals surface area contributed by atoms with Crippen LogP contribution in [0.15, 0.2) is 12.3 Å². The van der Waals surface area contributed by atoms with Gasteiger partial charge in [0, 0.05) is 18.8 Å². The minimum absolute atomic E-state index is 0. The third-order valence-electron chi connectivity index (χ3n) is 5.60. The summed E-state index contributed by atoms with van der Waals surface area (Å²) in [4.78, 5) is 12.4. The molecule has 2 atom stereocenters. The third kappa shape index (κ3) is 6.00. The summed E-state index contributed by atoms with van der Waals surface area (Å²) in [6.07, 6.45) is 13.5. The van der Waals surface area contributed by atoms with E-state index in [0.717, 1.165) is 31.8 Å². The van der Waals surface area contributed by atoms with Crippen molar-refractivity contribution in [2.24, 2.45) is 5.92 Å². The number of rotatable bonds is 6. The predicted molar refractivity (Wildman–Crippen MR) is 103 cm³/mol. The van der Waals surface area contributed by atoms with E-state index in [1.807, 2.05) is 16.9 Å². The van der Waals surface area contributed by atoms with Crippen LogP contribution < -0.4 is 10.6 Å². The molecule has 142 valence electrons. The monoisotopic (exact) mass is 368 g/mol. The molecular formula is C19H33ClN4O. The van der Waals surface area contributed by atoms with Gasteiger partial charge in [0.05, 0.1) is 6.04 Å². The van der Waals surface area contributed by atoms with E-state index >= 15 is 0 Å². The Labute approximate surface area is 157 Å². The molecule has 3 rings (SSSR count). The van der Waals surface area contributed by atoms with Crippen LogP contribution in [0.4, 0.5) is 0 Å². The summed E-state index contributed by atoms with van der Waals surface area (Å²) in [5.41, 5.74) is 0.546. The molecule has 2 heterocycles. The number of nitrogens with one attached hydrogen (secondary N) is 2. The largest absolute Gasteiger partial charge is 0.348 e. The Balaban J connectivity index is 0.00000225. The number of amides is 1. The third-order valence-corrected chi connectivity index (χ3v) is 5.60. The first-order valence-electron chi connectivity index (χ1n) is 9.79. The van der Waals surface area contributed by atoms with Gasteiger partial charge in [0.1, 0.15) is 5.69 Å². The first kappa shape index (κ1) is 20.2. The first-order chi connectivity index (χ1) is 11.7. The standard InChI is InChI=1S/C19H32N4O.ClH/c1-15(9-10-16-6-3-2-4-7-16)21-19(24)18-11-13-23(22-18)17-8-5-12-20-14-17;/h11,13,15-17,20H,2-10,12,14H2,1H3,(H,21,24);1H. The Morgan fingerprint density at radius 3 is 2.84 bits per heavy atom. The zero-order valence-electron chi connectivity index (χ0n) is 15.4. The van der Waals surface area contributed by atoms with Crippen LogP contribution in [0.3, 0.4) is 0 Å². The van der Waals surface area contributed by atoms with Gasteiger partial charge in [0.2, 0.25) is 0 Å². The van der Waals surface area contributed by atoms with E-state index in [1.165, 1.54) is 44.9 Å². The molecule has 2 aliphatic rings. The van der Waals surface area contributed by atoms with Crippen LogP contribution in [0.5, 0.6) is 0 Å². The van der Waals surface area contributed by atoms with Gasteiger partial charge in [-0.2, -0.15) is 5.10 Å². The van der Waals surface area contributed by atoms with Gasteiger partial charge in [0.25, 0.3) is 5.91 Å². The fraction of sp³-hybridized carbons (Fsp3) is 0.789. The summed E-state index contributed by atoms with van der Waals surface area (Å²) < 4.78 is 1.95. The lowest BCUT2D eigenvalue weighted by Crippen LogP contribution is -2.34. The number of nitrogens with zero attached hydrogens (tertiary/aromatic N) is 2. The fourth-order valence-corrected chi connectivity index (χ4v) is 4.05. The van der Waals surface area contributed by atoms with Crippen molar-refractivity contribution in [1.29, 1.82) is 0 Å². The average Bonchev–Trinajstić information content (AvgIpc) is 3.12. The second-order valence-corrected chi connectivity index (χ2v) is 7.64. The van der Waals surface area contributed by atoms with Gasteiger partial charge in [-0.15, -0.1) is 12.4 Å². The first-order valence-corrected chi connectivity index (χ1v) is 9.79. The van der Waals surface area contributed by atoms with Gasteiger partial charge in [0.15, 0.2) is 0 Å². The smallest absolute Gasteiger partial charge is 0.271 e. The summed E-state index contributed by atoms with van der Waals surface area (Å²) in [6, 6.07) is 2.45. The van der Waals surface area contributed by atoms with Crippen LogP contribution >= 0.6 is 12.4 Å². The zero-order valence-corrected chi connectivity index (χ0v) is 16.2. The highest BCUT2D eigenvalue weighted by atomic mass is 35.5. The highest BCUT2D eigenvalue weighted by Crippen LogP contribution is 2.27. The molecule has 6 heteroatoms. The van der Waals surface area contributed by atoms with E-state index in [0.29, 0.717) is 11.7 Å². The summed E-state index contributed by atoms with van der Waals surface area (Å²) in [5, 5.41) is 11.0. The highest BCUT2D eigenvalue weighted by Gasteiger charge is 2.19. The summed E-state index contributed by atoms with van der Waals surface area (Å²) in [7, 11) is 0. The average molecular weight is 369 g/mol. The Hall–Kier alpha value is -1.07. The molecule has 1 saturated heterocycles. The summed E-state index contributed by atoms with van der Waals surface area (Å²) >= 11 is 0. The van der Waals surface area contributed by atoms with Crippen molar-refractivity contribution in [3.8, 4) is 0 Å². The van der Waals surface area contributed by atoms with Crippen LogP contribution in [0, 0.1) is 5.92 Å². The maximum absolute atomic E-state index is 12.4. The van der Waals surface area contributed by atoms with Gasteiger partial charge >= 0.3 is 0 Å². The van der Waals surface area contributed by atoms with Gasteiger partial charge in [-0.25, -0.2) is 0 Å². The molecule has 1 saturated carbocycles. The zero-order chi connectivity index (χ0) is 16.8. The molecule has 25 heavy (non-hydrogen) atoms. The van der Waals surface area contributed by atoms with Crippen LogP contribution in [0.1, 0.15) is 81.2 Å². The second kappa shape index (κ2) is 10.2. The van der Waals surface area contributed by atoms with E-state index in [2.05, 4.69) is 22.7 Å². The maximum atomic E-state index is 12.4. The molecule has 0 aromatic carbocycles. The van der Waals surface area contributed by atoms with Gasteiger partial charge in [-0.1, -0.05) is 32.1 Å². The van der Waals surface area contributed by atoms with Crippen LogP contribution in [0.25, 0.3) is 0 Å². The van der Waals surface area contributed by atoms with Crippen molar-refractivity contribution in [3.05, 3.63) is 18.0 Å². The maximum Gasteiger partial charge on any atom is 0.271 e. The van der Waals surface area contributed by atoms with E-state index < -0.39 is 0 Å². The summed E-state index contributed by atoms with van der Waals surface area (Å²) in [6.45, 7) is 4.15. The second-order valence-electron chi connectivity index (χ2n) is 7.64. The molecule has 2 fully saturated rings. The lowest BCUT2D eigenvalue weighted by atomic mass is 9.85. The number of halogens is 1. The van der Waals surface area contributed by atoms with Crippen molar-refractivity contribution in [2.45, 2.75) is 76.8 Å². The molecule has 1 amide bonds. The van der Waals surface area contributed by atoms with Gasteiger partial charge < -0.3 is 10.6 Å². The molecule has 2 N–H and O–H groups in total. The molecule has 1 aliphatic heterocycles. The lowest BCUT2D eigenvalue weighted by molar-refractivity contribution is 0.0930. The molecule has 0 spiro atoms. The molecule has 1 aliphatic carbocycles. The molecule has 1 aromatic heterocycles. The number of hydrogen-bond acceptors (Lipinski definition) is 3. The van der Waals surface area contributed by atoms with Crippen LogP contribution in [0.2, 0.25) is 0 Å². The Kier molecular flexibility index (Phi) is 8.24. The Morgan fingerprint density at radius 2 is 2.12 bits per heavy atom. The van der Waals surface area contributed by atoms with Crippen molar-refractivity contribution in [2.75, 3.05) is 13.1 Å². The van der Waals surface area contributed by atoms with E-state index in [9.17, 15) is 4.79 Å². The van der Waals surface area contributed by atoms with Crippen molar-refractivity contribution < 1.29 is 4.79 Å². The number of piperidine rings is 1. The van der Waals surface area contributed by atoms with E-state index in [-0.39, 0.29) is 24.4 Å². The quantitative estimate of drug-likeness (QED) is 0.804. The van der Waals surface area contributed by atoms with E-state index in [1.54, 1.807) is 0 Å². The van der Waals surface area contributed by atoms with Gasteiger partial charge in [-0.3, -0.25) is 9.48 Å². The highest BCUT2D eigenvalue weighted by molar-refractivity contribution is 5.92. The van der Waals surface area contributed by atoms with E-state index in [4.69, 9.17) is 0 Å². The normalized spacial score (nSPS) is 22.8. The van der Waals surface area contributed by atoms with Crippen molar-refractivity contribution in [1.82, 2.24) is 20.4 Å². The minimum Gasteiger partial charge on any atom is -0.348 e. The molecule has 2 unspecified atom stereocenters. The SMILES string of the molecule is CC(CCC1CCCCC1)NC(=O)c1ccn(C2CCCNC2)n1.Cl. The molecule has 5 nitrogen and oxygen atoms in total. The van der Waals surface area contributed by atoms with Gasteiger partial charge in [-0.05, 0) is 51.1 Å². The number of carbonyl (C=O) groups excluding carboxylic acids is 1. The number of aromatic nitrogens is 2. The molecule has 0 radical (unpaired) electrons. The molecule has 1 aromatic rings. The lowest BCUT2D eigenvalue weighted by Gasteiger charge is -2.23. The summed E-state index contributed by atoms with van der Waals surface area (Å²) in [5.74, 6) is 0.838. The molecular weight excluding hydrogens is 336 g/mol. The molecule has 0 bridgehead atoms. The fourth-order valence-electron chi connectivity index (χ4n) is 4.05. The number of hydrogen-bond donors (Lipinski definition) is 2. The minimum atomic E-state index is -0.0336. The topological polar surface area (TPSA) is 59.0 Å². The van der Waals surface area contributed by atoms with Crippen molar-refractivity contribution in [3.63, 3.8) is 0 Å². The predicted octanol–water partition coefficient (Wildman–Crippen LogP) is 3.71. The van der Waals surface area contributed by atoms with Crippen LogP contribution in [-0.4, -0.2) is 34.8 Å². The Bertz CT molecular complexity index is 521. The Morgan fingerprint density at radius 1 is 1.32 bits per heavy atom. The van der Waals surface area contributed by atoms with Crippen LogP contribution in [-0.2, 0) is 0 Å².